The van der Waals surface area contributed by atoms with Gasteiger partial charge in [-0.2, -0.15) is 5.10 Å². The first-order valence-electron chi connectivity index (χ1n) is 4.71. The molecule has 0 unspecified atom stereocenters. The molecule has 88 valence electrons. The van der Waals surface area contributed by atoms with E-state index >= 15 is 0 Å². The smallest absolute Gasteiger partial charge is 0.161 e. The molecule has 0 atom stereocenters. The highest BCUT2D eigenvalue weighted by Crippen LogP contribution is 2.32. The first-order valence-corrected chi connectivity index (χ1v) is 5.50. The average molecular weight is 287 g/mol. The molecule has 0 N–H and O–H groups in total. The molecule has 0 bridgehead atoms. The van der Waals surface area contributed by atoms with Gasteiger partial charge in [0, 0.05) is 24.1 Å². The van der Waals surface area contributed by atoms with Crippen molar-refractivity contribution in [1.82, 2.24) is 5.01 Å². The lowest BCUT2D eigenvalue weighted by atomic mass is 10.2. The molecule has 5 heteroatoms. The Bertz CT molecular complexity index is 392. The Hall–Kier alpha value is -1.23. The van der Waals surface area contributed by atoms with Gasteiger partial charge in [0.1, 0.15) is 0 Å². The first-order chi connectivity index (χ1) is 7.58. The van der Waals surface area contributed by atoms with E-state index in [0.717, 1.165) is 10.0 Å². The quantitative estimate of drug-likeness (QED) is 0.630. The molecule has 0 fully saturated rings. The molecular weight excluding hydrogens is 272 g/mol. The van der Waals surface area contributed by atoms with Gasteiger partial charge in [0.2, 0.25) is 0 Å². The molecule has 0 heterocycles. The zero-order valence-corrected chi connectivity index (χ0v) is 11.4. The number of hydrazone groups is 1. The third-order valence-electron chi connectivity index (χ3n) is 1.93. The number of methoxy groups -OCH3 is 2. The molecule has 0 aliphatic rings. The fourth-order valence-electron chi connectivity index (χ4n) is 1.15. The summed E-state index contributed by atoms with van der Waals surface area (Å²) in [6.45, 7) is 0. The van der Waals surface area contributed by atoms with Crippen LogP contribution < -0.4 is 9.47 Å². The maximum absolute atomic E-state index is 5.22. The summed E-state index contributed by atoms with van der Waals surface area (Å²) in [5.41, 5.74) is 0.936. The molecule has 1 aromatic rings. The van der Waals surface area contributed by atoms with E-state index < -0.39 is 0 Å². The molecular formula is C11H15BrN2O2. The van der Waals surface area contributed by atoms with E-state index in [4.69, 9.17) is 9.47 Å². The van der Waals surface area contributed by atoms with Gasteiger partial charge in [0.15, 0.2) is 11.5 Å². The van der Waals surface area contributed by atoms with E-state index in [1.165, 1.54) is 0 Å². The summed E-state index contributed by atoms with van der Waals surface area (Å²) in [6.07, 6.45) is 1.76. The predicted octanol–water partition coefficient (Wildman–Crippen LogP) is 2.36. The Balaban J connectivity index is 3.11. The first kappa shape index (κ1) is 12.8. The van der Waals surface area contributed by atoms with E-state index in [1.54, 1.807) is 25.4 Å². The lowest BCUT2D eigenvalue weighted by Gasteiger charge is -2.10. The molecule has 0 saturated heterocycles. The van der Waals surface area contributed by atoms with Crippen molar-refractivity contribution in [3.63, 3.8) is 0 Å². The van der Waals surface area contributed by atoms with Gasteiger partial charge in [0.25, 0.3) is 0 Å². The molecule has 0 amide bonds. The maximum atomic E-state index is 5.22. The molecule has 0 aromatic heterocycles. The second-order valence-corrected chi connectivity index (χ2v) is 4.17. The molecule has 1 aromatic carbocycles. The van der Waals surface area contributed by atoms with Gasteiger partial charge in [-0.05, 0) is 28.1 Å². The van der Waals surface area contributed by atoms with Gasteiger partial charge in [-0.1, -0.05) is 0 Å². The van der Waals surface area contributed by atoms with Crippen LogP contribution in [0.4, 0.5) is 0 Å². The molecule has 0 aliphatic carbocycles. The van der Waals surface area contributed by atoms with Gasteiger partial charge in [-0.25, -0.2) is 0 Å². The fraction of sp³-hybridized carbons (Fsp3) is 0.364. The Morgan fingerprint density at radius 3 is 2.25 bits per heavy atom. The van der Waals surface area contributed by atoms with Crippen molar-refractivity contribution in [1.29, 1.82) is 0 Å². The van der Waals surface area contributed by atoms with Crippen LogP contribution in [0.25, 0.3) is 0 Å². The van der Waals surface area contributed by atoms with E-state index in [9.17, 15) is 0 Å². The molecule has 1 rings (SSSR count). The SMILES string of the molecule is COc1cc(Br)c(C=NN(C)C)cc1OC. The number of hydrogen-bond acceptors (Lipinski definition) is 4. The summed E-state index contributed by atoms with van der Waals surface area (Å²) in [5.74, 6) is 1.38. The van der Waals surface area contributed by atoms with Gasteiger partial charge >= 0.3 is 0 Å². The molecule has 0 spiro atoms. The van der Waals surface area contributed by atoms with Crippen LogP contribution in [-0.2, 0) is 0 Å². The average Bonchev–Trinajstić information content (AvgIpc) is 2.26. The minimum absolute atomic E-state index is 0.686. The lowest BCUT2D eigenvalue weighted by molar-refractivity contribution is 0.354. The van der Waals surface area contributed by atoms with Gasteiger partial charge in [-0.15, -0.1) is 0 Å². The Kier molecular flexibility index (Phi) is 4.61. The number of hydrogen-bond donors (Lipinski definition) is 0. The van der Waals surface area contributed by atoms with Crippen molar-refractivity contribution < 1.29 is 9.47 Å². The summed E-state index contributed by atoms with van der Waals surface area (Å²) in [4.78, 5) is 0. The van der Waals surface area contributed by atoms with E-state index in [-0.39, 0.29) is 0 Å². The highest BCUT2D eigenvalue weighted by atomic mass is 79.9. The highest BCUT2D eigenvalue weighted by molar-refractivity contribution is 9.10. The van der Waals surface area contributed by atoms with Gasteiger partial charge < -0.3 is 14.5 Å². The van der Waals surface area contributed by atoms with Crippen LogP contribution >= 0.6 is 15.9 Å². The number of nitrogens with zero attached hydrogens (tertiary/aromatic N) is 2. The van der Waals surface area contributed by atoms with Gasteiger partial charge in [0.05, 0.1) is 20.4 Å². The topological polar surface area (TPSA) is 34.1 Å². The summed E-state index contributed by atoms with van der Waals surface area (Å²) >= 11 is 3.46. The van der Waals surface area contributed by atoms with Gasteiger partial charge in [-0.3, -0.25) is 0 Å². The zero-order chi connectivity index (χ0) is 12.1. The summed E-state index contributed by atoms with van der Waals surface area (Å²) < 4.78 is 11.3. The summed E-state index contributed by atoms with van der Waals surface area (Å²) in [7, 11) is 6.95. The van der Waals surface area contributed by atoms with Crippen molar-refractivity contribution in [3.05, 3.63) is 22.2 Å². The number of ether oxygens (including phenoxy) is 2. The monoisotopic (exact) mass is 286 g/mol. The minimum atomic E-state index is 0.686. The minimum Gasteiger partial charge on any atom is -0.493 e. The summed E-state index contributed by atoms with van der Waals surface area (Å²) in [5, 5.41) is 5.89. The van der Waals surface area contributed by atoms with Crippen LogP contribution in [0, 0.1) is 0 Å². The van der Waals surface area contributed by atoms with Crippen LogP contribution in [0.15, 0.2) is 21.7 Å². The maximum Gasteiger partial charge on any atom is 0.161 e. The Labute approximate surface area is 104 Å². The summed E-state index contributed by atoms with van der Waals surface area (Å²) in [6, 6.07) is 3.73. The normalized spacial score (nSPS) is 10.6. The Morgan fingerprint density at radius 1 is 1.19 bits per heavy atom. The number of benzene rings is 1. The lowest BCUT2D eigenvalue weighted by Crippen LogP contribution is -2.02. The molecule has 0 aliphatic heterocycles. The van der Waals surface area contributed by atoms with Crippen molar-refractivity contribution >= 4 is 22.1 Å². The second kappa shape index (κ2) is 5.75. The molecule has 0 radical (unpaired) electrons. The van der Waals surface area contributed by atoms with Crippen LogP contribution in [0.5, 0.6) is 11.5 Å². The molecule has 4 nitrogen and oxygen atoms in total. The largest absolute Gasteiger partial charge is 0.493 e. The Morgan fingerprint density at radius 2 is 1.75 bits per heavy atom. The zero-order valence-electron chi connectivity index (χ0n) is 9.82. The van der Waals surface area contributed by atoms with Crippen molar-refractivity contribution in [2.75, 3.05) is 28.3 Å². The third kappa shape index (κ3) is 3.13. The van der Waals surface area contributed by atoms with Crippen LogP contribution in [0.3, 0.4) is 0 Å². The van der Waals surface area contributed by atoms with E-state index in [0.29, 0.717) is 11.5 Å². The van der Waals surface area contributed by atoms with E-state index in [2.05, 4.69) is 21.0 Å². The molecule has 0 saturated carbocycles. The van der Waals surface area contributed by atoms with Crippen LogP contribution in [0.1, 0.15) is 5.56 Å². The van der Waals surface area contributed by atoms with Crippen LogP contribution in [-0.4, -0.2) is 39.5 Å². The standard InChI is InChI=1S/C11H15BrN2O2/c1-14(2)13-7-8-5-10(15-3)11(16-4)6-9(8)12/h5-7H,1-4H3. The van der Waals surface area contributed by atoms with Crippen LogP contribution in [0.2, 0.25) is 0 Å². The van der Waals surface area contributed by atoms with Crippen molar-refractivity contribution in [2.45, 2.75) is 0 Å². The fourth-order valence-corrected chi connectivity index (χ4v) is 1.57. The molecule has 16 heavy (non-hydrogen) atoms. The number of rotatable bonds is 4. The van der Waals surface area contributed by atoms with Crippen molar-refractivity contribution in [2.24, 2.45) is 5.10 Å². The van der Waals surface area contributed by atoms with Crippen molar-refractivity contribution in [3.8, 4) is 11.5 Å². The van der Waals surface area contributed by atoms with E-state index in [1.807, 2.05) is 26.2 Å². The highest BCUT2D eigenvalue weighted by Gasteiger charge is 2.07. The predicted molar refractivity (Wildman–Crippen MR) is 68.5 cm³/mol. The number of halogens is 1. The second-order valence-electron chi connectivity index (χ2n) is 3.32. The third-order valence-corrected chi connectivity index (χ3v) is 2.62.